The Morgan fingerprint density at radius 1 is 1.10 bits per heavy atom. The Labute approximate surface area is 175 Å². The Morgan fingerprint density at radius 2 is 1.86 bits per heavy atom. The minimum Gasteiger partial charge on any atom is -0.348 e. The zero-order chi connectivity index (χ0) is 20.8. The van der Waals surface area contributed by atoms with Gasteiger partial charge in [0.05, 0.1) is 11.5 Å². The number of carbonyl (C=O) groups is 2. The summed E-state index contributed by atoms with van der Waals surface area (Å²) in [5.41, 5.74) is 3.32. The van der Waals surface area contributed by atoms with E-state index in [2.05, 4.69) is 15.6 Å². The SMILES string of the molecule is CCC(C(=O)Nc1sc(C)c(C)c1C(=O)NCc1cccnc1)c1ccccc1. The van der Waals surface area contributed by atoms with Gasteiger partial charge in [-0.3, -0.25) is 14.6 Å². The molecule has 0 spiro atoms. The first-order valence-corrected chi connectivity index (χ1v) is 10.5. The van der Waals surface area contributed by atoms with Gasteiger partial charge in [0.25, 0.3) is 5.91 Å². The molecule has 2 N–H and O–H groups in total. The molecule has 2 aromatic heterocycles. The molecule has 0 aliphatic rings. The number of rotatable bonds is 7. The molecular weight excluding hydrogens is 382 g/mol. The van der Waals surface area contributed by atoms with Gasteiger partial charge in [0.2, 0.25) is 5.91 Å². The second-order valence-corrected chi connectivity index (χ2v) is 8.12. The lowest BCUT2D eigenvalue weighted by atomic mass is 9.95. The number of benzene rings is 1. The third-order valence-corrected chi connectivity index (χ3v) is 6.07. The molecule has 0 aliphatic heterocycles. The highest BCUT2D eigenvalue weighted by atomic mass is 32.1. The summed E-state index contributed by atoms with van der Waals surface area (Å²) in [6, 6.07) is 13.5. The summed E-state index contributed by atoms with van der Waals surface area (Å²) in [5, 5.41) is 6.54. The summed E-state index contributed by atoms with van der Waals surface area (Å²) in [7, 11) is 0. The third kappa shape index (κ3) is 4.90. The first-order valence-electron chi connectivity index (χ1n) is 9.64. The van der Waals surface area contributed by atoms with Crippen LogP contribution in [0.4, 0.5) is 5.00 Å². The maximum absolute atomic E-state index is 13.0. The highest BCUT2D eigenvalue weighted by Gasteiger charge is 2.24. The van der Waals surface area contributed by atoms with Crippen LogP contribution < -0.4 is 10.6 Å². The summed E-state index contributed by atoms with van der Waals surface area (Å²) in [5.74, 6) is -0.551. The van der Waals surface area contributed by atoms with Gasteiger partial charge >= 0.3 is 0 Å². The Hall–Kier alpha value is -2.99. The minimum absolute atomic E-state index is 0.0961. The highest BCUT2D eigenvalue weighted by Crippen LogP contribution is 2.33. The van der Waals surface area contributed by atoms with Crippen LogP contribution in [0, 0.1) is 13.8 Å². The number of carbonyl (C=O) groups excluding carboxylic acids is 2. The van der Waals surface area contributed by atoms with Crippen LogP contribution in [0.3, 0.4) is 0 Å². The van der Waals surface area contributed by atoms with Crippen molar-refractivity contribution >= 4 is 28.2 Å². The van der Waals surface area contributed by atoms with Crippen LogP contribution >= 0.6 is 11.3 Å². The Balaban J connectivity index is 1.78. The van der Waals surface area contributed by atoms with Crippen molar-refractivity contribution in [1.29, 1.82) is 0 Å². The molecule has 0 saturated carbocycles. The van der Waals surface area contributed by atoms with E-state index < -0.39 is 0 Å². The van der Waals surface area contributed by atoms with Crippen molar-refractivity contribution in [2.24, 2.45) is 0 Å². The molecule has 0 aliphatic carbocycles. The second-order valence-electron chi connectivity index (χ2n) is 6.89. The predicted molar refractivity (Wildman–Crippen MR) is 117 cm³/mol. The number of hydrogen-bond donors (Lipinski definition) is 2. The van der Waals surface area contributed by atoms with Crippen molar-refractivity contribution in [1.82, 2.24) is 10.3 Å². The number of aryl methyl sites for hydroxylation is 1. The standard InChI is InChI=1S/C23H25N3O2S/c1-4-19(18-10-6-5-7-11-18)21(27)26-23-20(15(2)16(3)29-23)22(28)25-14-17-9-8-12-24-13-17/h5-13,19H,4,14H2,1-3H3,(H,25,28)(H,26,27). The third-order valence-electron chi connectivity index (χ3n) is 4.95. The van der Waals surface area contributed by atoms with E-state index in [0.717, 1.165) is 21.6 Å². The largest absolute Gasteiger partial charge is 0.348 e. The number of nitrogens with zero attached hydrogens (tertiary/aromatic N) is 1. The van der Waals surface area contributed by atoms with Gasteiger partial charge in [-0.15, -0.1) is 11.3 Å². The molecule has 3 aromatic rings. The maximum Gasteiger partial charge on any atom is 0.254 e. The molecule has 5 nitrogen and oxygen atoms in total. The van der Waals surface area contributed by atoms with E-state index in [1.165, 1.54) is 11.3 Å². The number of aromatic nitrogens is 1. The Kier molecular flexibility index (Phi) is 6.77. The van der Waals surface area contributed by atoms with Crippen molar-refractivity contribution in [2.45, 2.75) is 39.7 Å². The van der Waals surface area contributed by atoms with Crippen LogP contribution in [0.2, 0.25) is 0 Å². The Morgan fingerprint density at radius 3 is 2.52 bits per heavy atom. The molecule has 1 atom stereocenters. The van der Waals surface area contributed by atoms with E-state index in [0.29, 0.717) is 23.5 Å². The molecule has 0 bridgehead atoms. The summed E-state index contributed by atoms with van der Waals surface area (Å²) in [6.45, 7) is 6.25. The molecule has 150 valence electrons. The minimum atomic E-state index is -0.259. The van der Waals surface area contributed by atoms with Crippen molar-refractivity contribution in [3.8, 4) is 0 Å². The average molecular weight is 408 g/mol. The van der Waals surface area contributed by atoms with E-state index >= 15 is 0 Å². The van der Waals surface area contributed by atoms with E-state index in [1.807, 2.05) is 63.2 Å². The van der Waals surface area contributed by atoms with Gasteiger partial charge < -0.3 is 10.6 Å². The van der Waals surface area contributed by atoms with Crippen LogP contribution in [-0.2, 0) is 11.3 Å². The van der Waals surface area contributed by atoms with Crippen molar-refractivity contribution < 1.29 is 9.59 Å². The van der Waals surface area contributed by atoms with Gasteiger partial charge in [0, 0.05) is 23.8 Å². The first-order chi connectivity index (χ1) is 14.0. The Bertz CT molecular complexity index is 984. The van der Waals surface area contributed by atoms with E-state index in [-0.39, 0.29) is 17.7 Å². The fraction of sp³-hybridized carbons (Fsp3) is 0.261. The molecule has 2 heterocycles. The summed E-state index contributed by atoms with van der Waals surface area (Å²) in [4.78, 5) is 30.9. The lowest BCUT2D eigenvalue weighted by molar-refractivity contribution is -0.117. The highest BCUT2D eigenvalue weighted by molar-refractivity contribution is 7.16. The van der Waals surface area contributed by atoms with Gasteiger partial charge in [0.15, 0.2) is 0 Å². The van der Waals surface area contributed by atoms with Gasteiger partial charge in [-0.25, -0.2) is 0 Å². The summed E-state index contributed by atoms with van der Waals surface area (Å²) >= 11 is 1.44. The van der Waals surface area contributed by atoms with Crippen LogP contribution in [0.15, 0.2) is 54.9 Å². The van der Waals surface area contributed by atoms with E-state index in [9.17, 15) is 9.59 Å². The molecule has 29 heavy (non-hydrogen) atoms. The molecule has 0 fully saturated rings. The van der Waals surface area contributed by atoms with Crippen molar-refractivity contribution in [3.05, 3.63) is 82.0 Å². The van der Waals surface area contributed by atoms with Crippen molar-refractivity contribution in [3.63, 3.8) is 0 Å². The lowest BCUT2D eigenvalue weighted by Gasteiger charge is -2.15. The zero-order valence-corrected chi connectivity index (χ0v) is 17.7. The normalized spacial score (nSPS) is 11.7. The topological polar surface area (TPSA) is 71.1 Å². The summed E-state index contributed by atoms with van der Waals surface area (Å²) in [6.07, 6.45) is 4.10. The molecule has 2 amide bonds. The van der Waals surface area contributed by atoms with Gasteiger partial charge in [-0.05, 0) is 43.0 Å². The number of nitrogens with one attached hydrogen (secondary N) is 2. The fourth-order valence-corrected chi connectivity index (χ4v) is 4.28. The van der Waals surface area contributed by atoms with Gasteiger partial charge in [-0.1, -0.05) is 43.3 Å². The smallest absolute Gasteiger partial charge is 0.254 e. The number of amides is 2. The molecule has 1 aromatic carbocycles. The molecule has 3 rings (SSSR count). The number of pyridine rings is 1. The van der Waals surface area contributed by atoms with Crippen molar-refractivity contribution in [2.75, 3.05) is 5.32 Å². The average Bonchev–Trinajstić information content (AvgIpc) is 3.01. The first kappa shape index (κ1) is 20.7. The van der Waals surface area contributed by atoms with Crippen LogP contribution in [-0.4, -0.2) is 16.8 Å². The number of thiophene rings is 1. The predicted octanol–water partition coefficient (Wildman–Crippen LogP) is 4.82. The van der Waals surface area contributed by atoms with E-state index in [4.69, 9.17) is 0 Å². The van der Waals surface area contributed by atoms with Gasteiger partial charge in [0.1, 0.15) is 5.00 Å². The van der Waals surface area contributed by atoms with Crippen LogP contribution in [0.25, 0.3) is 0 Å². The zero-order valence-electron chi connectivity index (χ0n) is 16.9. The number of hydrogen-bond acceptors (Lipinski definition) is 4. The van der Waals surface area contributed by atoms with E-state index in [1.54, 1.807) is 12.4 Å². The van der Waals surface area contributed by atoms with Crippen LogP contribution in [0.5, 0.6) is 0 Å². The second kappa shape index (κ2) is 9.47. The molecule has 1 unspecified atom stereocenters. The molecule has 6 heteroatoms. The lowest BCUT2D eigenvalue weighted by Crippen LogP contribution is -2.26. The fourth-order valence-electron chi connectivity index (χ4n) is 3.22. The molecule has 0 saturated heterocycles. The quantitative estimate of drug-likeness (QED) is 0.590. The monoisotopic (exact) mass is 407 g/mol. The summed E-state index contributed by atoms with van der Waals surface area (Å²) < 4.78 is 0. The van der Waals surface area contributed by atoms with Gasteiger partial charge in [-0.2, -0.15) is 0 Å². The van der Waals surface area contributed by atoms with Crippen LogP contribution in [0.1, 0.15) is 51.2 Å². The molecular formula is C23H25N3O2S. The molecule has 0 radical (unpaired) electrons. The number of anilines is 1. The maximum atomic E-state index is 13.0.